The summed E-state index contributed by atoms with van der Waals surface area (Å²) in [5, 5.41) is 2.97. The largest absolute Gasteiger partial charge is 0.327 e. The predicted molar refractivity (Wildman–Crippen MR) is 103 cm³/mol. The molecule has 4 heteroatoms. The van der Waals surface area contributed by atoms with Crippen molar-refractivity contribution in [3.8, 4) is 0 Å². The first kappa shape index (κ1) is 17.7. The molecule has 0 aromatic heterocycles. The number of benzene rings is 2. The Morgan fingerprint density at radius 2 is 1.69 bits per heavy atom. The molecule has 132 valence electrons. The normalized spacial score (nSPS) is 17.5. The molecule has 1 N–H and O–H groups in total. The Morgan fingerprint density at radius 3 is 2.31 bits per heavy atom. The van der Waals surface area contributed by atoms with Crippen molar-refractivity contribution in [1.82, 2.24) is 10.2 Å². The molecule has 4 nitrogen and oxygen atoms in total. The lowest BCUT2D eigenvalue weighted by Gasteiger charge is -2.35. The summed E-state index contributed by atoms with van der Waals surface area (Å²) in [5.74, 6) is -0.0985. The molecule has 0 bridgehead atoms. The van der Waals surface area contributed by atoms with E-state index in [-0.39, 0.29) is 11.8 Å². The Balaban J connectivity index is 2.00. The Hall–Kier alpha value is -3.14. The zero-order valence-corrected chi connectivity index (χ0v) is 15.0. The summed E-state index contributed by atoms with van der Waals surface area (Å²) in [7, 11) is 0. The topological polar surface area (TPSA) is 49.4 Å². The van der Waals surface area contributed by atoms with Gasteiger partial charge < -0.3 is 5.32 Å². The monoisotopic (exact) mass is 346 g/mol. The minimum Gasteiger partial charge on any atom is -0.327 e. The van der Waals surface area contributed by atoms with Crippen LogP contribution in [0.4, 0.5) is 4.79 Å². The minimum atomic E-state index is -0.445. The summed E-state index contributed by atoms with van der Waals surface area (Å²) in [4.78, 5) is 27.0. The molecule has 0 fully saturated rings. The van der Waals surface area contributed by atoms with Gasteiger partial charge in [0.05, 0.1) is 6.04 Å². The summed E-state index contributed by atoms with van der Waals surface area (Å²) in [5.41, 5.74) is 3.16. The summed E-state index contributed by atoms with van der Waals surface area (Å²) in [6.07, 6.45) is 3.38. The van der Waals surface area contributed by atoms with Crippen LogP contribution in [-0.4, -0.2) is 23.3 Å². The van der Waals surface area contributed by atoms with Gasteiger partial charge in [0.1, 0.15) is 0 Å². The molecule has 0 radical (unpaired) electrons. The molecule has 1 unspecified atom stereocenters. The Bertz CT molecular complexity index is 854. The highest BCUT2D eigenvalue weighted by atomic mass is 16.2. The third kappa shape index (κ3) is 3.59. The highest BCUT2D eigenvalue weighted by Crippen LogP contribution is 2.31. The van der Waals surface area contributed by atoms with Crippen LogP contribution in [0.25, 0.3) is 6.08 Å². The number of hydrogen-bond acceptors (Lipinski definition) is 2. The van der Waals surface area contributed by atoms with E-state index in [1.54, 1.807) is 17.1 Å². The smallest absolute Gasteiger partial charge is 0.322 e. The number of carbonyl (C=O) groups excluding carboxylic acids is 2. The second kappa shape index (κ2) is 7.83. The predicted octanol–water partition coefficient (Wildman–Crippen LogP) is 4.33. The fraction of sp³-hybridized carbons (Fsp3) is 0.182. The Kier molecular flexibility index (Phi) is 5.32. The number of amides is 2. The highest BCUT2D eigenvalue weighted by Gasteiger charge is 2.33. The average molecular weight is 346 g/mol. The Morgan fingerprint density at radius 1 is 1.08 bits per heavy atom. The van der Waals surface area contributed by atoms with E-state index in [2.05, 4.69) is 5.32 Å². The van der Waals surface area contributed by atoms with Gasteiger partial charge in [-0.3, -0.25) is 9.69 Å². The number of nitrogens with zero attached hydrogens (tertiary/aromatic N) is 1. The van der Waals surface area contributed by atoms with Crippen LogP contribution in [0.3, 0.4) is 0 Å². The Labute approximate surface area is 153 Å². The van der Waals surface area contributed by atoms with Crippen LogP contribution in [-0.2, 0) is 4.79 Å². The molecule has 1 aliphatic heterocycles. The molecule has 26 heavy (non-hydrogen) atoms. The first-order valence-corrected chi connectivity index (χ1v) is 8.73. The van der Waals surface area contributed by atoms with Gasteiger partial charge in [0.25, 0.3) is 0 Å². The van der Waals surface area contributed by atoms with Gasteiger partial charge in [-0.2, -0.15) is 0 Å². The number of allylic oxidation sites excluding steroid dienone is 2. The molecule has 1 atom stereocenters. The second-order valence-corrected chi connectivity index (χ2v) is 6.14. The fourth-order valence-electron chi connectivity index (χ4n) is 3.20. The first-order chi connectivity index (χ1) is 12.6. The number of carbonyl (C=O) groups is 2. The van der Waals surface area contributed by atoms with Crippen molar-refractivity contribution in [2.45, 2.75) is 19.9 Å². The van der Waals surface area contributed by atoms with Gasteiger partial charge >= 0.3 is 6.03 Å². The third-order valence-corrected chi connectivity index (χ3v) is 4.54. The van der Waals surface area contributed by atoms with Gasteiger partial charge in [-0.25, -0.2) is 4.79 Å². The third-order valence-electron chi connectivity index (χ3n) is 4.54. The number of hydrogen-bond donors (Lipinski definition) is 1. The average Bonchev–Trinajstić information content (AvgIpc) is 2.67. The van der Waals surface area contributed by atoms with E-state index in [1.807, 2.05) is 74.5 Å². The molecule has 1 heterocycles. The van der Waals surface area contributed by atoms with E-state index in [1.165, 1.54) is 0 Å². The number of nitrogens with one attached hydrogen (secondary N) is 1. The van der Waals surface area contributed by atoms with Crippen molar-refractivity contribution in [3.05, 3.63) is 89.1 Å². The SMILES string of the molecule is CCN1C(=O)NC(c2ccccc2)C(C(=O)/C=C/c2ccccc2)=C1C. The van der Waals surface area contributed by atoms with Gasteiger partial charge in [0.2, 0.25) is 0 Å². The van der Waals surface area contributed by atoms with Gasteiger partial charge in [-0.1, -0.05) is 66.7 Å². The van der Waals surface area contributed by atoms with Gasteiger partial charge in [0, 0.05) is 17.8 Å². The van der Waals surface area contributed by atoms with Crippen molar-refractivity contribution in [3.63, 3.8) is 0 Å². The molecule has 0 saturated carbocycles. The maximum absolute atomic E-state index is 13.0. The number of ketones is 1. The van der Waals surface area contributed by atoms with Gasteiger partial charge in [0.15, 0.2) is 5.78 Å². The van der Waals surface area contributed by atoms with Crippen LogP contribution >= 0.6 is 0 Å². The minimum absolute atomic E-state index is 0.0985. The van der Waals surface area contributed by atoms with Crippen molar-refractivity contribution in [1.29, 1.82) is 0 Å². The van der Waals surface area contributed by atoms with Crippen LogP contribution in [0.5, 0.6) is 0 Å². The van der Waals surface area contributed by atoms with Crippen LogP contribution in [0.2, 0.25) is 0 Å². The first-order valence-electron chi connectivity index (χ1n) is 8.73. The summed E-state index contributed by atoms with van der Waals surface area (Å²) in [6, 6.07) is 18.6. The van der Waals surface area contributed by atoms with Crippen LogP contribution < -0.4 is 5.32 Å². The summed E-state index contributed by atoms with van der Waals surface area (Å²) < 4.78 is 0. The summed E-state index contributed by atoms with van der Waals surface area (Å²) in [6.45, 7) is 4.24. The lowest BCUT2D eigenvalue weighted by atomic mass is 9.91. The van der Waals surface area contributed by atoms with Gasteiger partial charge in [-0.05, 0) is 31.1 Å². The fourth-order valence-corrected chi connectivity index (χ4v) is 3.20. The zero-order chi connectivity index (χ0) is 18.5. The van der Waals surface area contributed by atoms with E-state index in [0.717, 1.165) is 11.1 Å². The lowest BCUT2D eigenvalue weighted by molar-refractivity contribution is -0.111. The van der Waals surface area contributed by atoms with E-state index >= 15 is 0 Å². The molecule has 0 aliphatic carbocycles. The highest BCUT2D eigenvalue weighted by molar-refractivity contribution is 6.09. The molecule has 2 aromatic carbocycles. The molecule has 2 amide bonds. The maximum Gasteiger partial charge on any atom is 0.322 e. The van der Waals surface area contributed by atoms with E-state index in [9.17, 15) is 9.59 Å². The second-order valence-electron chi connectivity index (χ2n) is 6.14. The van der Waals surface area contributed by atoms with Crippen molar-refractivity contribution in [2.75, 3.05) is 6.54 Å². The van der Waals surface area contributed by atoms with Gasteiger partial charge in [-0.15, -0.1) is 0 Å². The maximum atomic E-state index is 13.0. The molecule has 0 spiro atoms. The van der Waals surface area contributed by atoms with Crippen molar-refractivity contribution >= 4 is 17.9 Å². The van der Waals surface area contributed by atoms with Crippen LogP contribution in [0.1, 0.15) is 31.0 Å². The lowest BCUT2D eigenvalue weighted by Crippen LogP contribution is -2.47. The number of rotatable bonds is 5. The molecule has 1 aliphatic rings. The summed E-state index contributed by atoms with van der Waals surface area (Å²) >= 11 is 0. The van der Waals surface area contributed by atoms with Crippen LogP contribution in [0.15, 0.2) is 78.0 Å². The standard InChI is InChI=1S/C22H22N2O2/c1-3-24-16(2)20(19(25)15-14-17-10-6-4-7-11-17)21(23-22(24)26)18-12-8-5-9-13-18/h4-15,21H,3H2,1-2H3,(H,23,26)/b15-14+. The molecular formula is C22H22N2O2. The van der Waals surface area contributed by atoms with Crippen molar-refractivity contribution in [2.24, 2.45) is 0 Å². The quantitative estimate of drug-likeness (QED) is 0.819. The molecule has 3 rings (SSSR count). The molecule has 0 saturated heterocycles. The zero-order valence-electron chi connectivity index (χ0n) is 15.0. The van der Waals surface area contributed by atoms with E-state index in [0.29, 0.717) is 17.8 Å². The number of urea groups is 1. The van der Waals surface area contributed by atoms with E-state index < -0.39 is 6.04 Å². The molecular weight excluding hydrogens is 324 g/mol. The van der Waals surface area contributed by atoms with E-state index in [4.69, 9.17) is 0 Å². The molecule has 2 aromatic rings. The van der Waals surface area contributed by atoms with Crippen molar-refractivity contribution < 1.29 is 9.59 Å². The van der Waals surface area contributed by atoms with Crippen LogP contribution in [0, 0.1) is 0 Å².